The molecule has 0 atom stereocenters. The molecule has 1 fully saturated rings. The van der Waals surface area contributed by atoms with Gasteiger partial charge in [-0.3, -0.25) is 4.79 Å². The number of hydrogen-bond donors (Lipinski definition) is 0. The van der Waals surface area contributed by atoms with Crippen molar-refractivity contribution in [1.29, 1.82) is 0 Å². The van der Waals surface area contributed by atoms with Gasteiger partial charge in [-0.2, -0.15) is 0 Å². The Hall–Kier alpha value is -0.530. The van der Waals surface area contributed by atoms with Crippen LogP contribution in [-0.2, 0) is 4.79 Å². The Morgan fingerprint density at radius 2 is 1.65 bits per heavy atom. The quantitative estimate of drug-likeness (QED) is 0.732. The molecule has 0 aromatic carbocycles. The van der Waals surface area contributed by atoms with E-state index in [1.54, 1.807) is 0 Å². The molecule has 0 spiro atoms. The van der Waals surface area contributed by atoms with Gasteiger partial charge in [0.15, 0.2) is 0 Å². The Kier molecular flexibility index (Phi) is 4.27. The van der Waals surface area contributed by atoms with Gasteiger partial charge in [0.1, 0.15) is 0 Å². The molecule has 1 amide bonds. The van der Waals surface area contributed by atoms with E-state index in [2.05, 4.69) is 25.7 Å². The van der Waals surface area contributed by atoms with E-state index in [0.29, 0.717) is 11.3 Å². The molecule has 1 rings (SSSR count). The lowest BCUT2D eigenvalue weighted by Gasteiger charge is -2.32. The fourth-order valence-corrected chi connectivity index (χ4v) is 1.83. The van der Waals surface area contributed by atoms with Crippen LogP contribution in [0.3, 0.4) is 0 Å². The van der Waals surface area contributed by atoms with E-state index in [0.717, 1.165) is 25.4 Å². The Morgan fingerprint density at radius 1 is 1.12 bits per heavy atom. The van der Waals surface area contributed by atoms with Gasteiger partial charge in [0.25, 0.3) is 0 Å². The monoisotopic (exact) mass is 239 g/mol. The maximum atomic E-state index is 12.4. The van der Waals surface area contributed by atoms with Crippen LogP contribution in [0.2, 0.25) is 0 Å². The SMILES string of the molecule is CC(C)(C)CCN(CC1CC1)C(=O)C(C)(C)C. The molecule has 1 aliphatic rings. The molecular weight excluding hydrogens is 210 g/mol. The summed E-state index contributed by atoms with van der Waals surface area (Å²) < 4.78 is 0. The molecule has 0 saturated heterocycles. The van der Waals surface area contributed by atoms with E-state index in [4.69, 9.17) is 0 Å². The van der Waals surface area contributed by atoms with Crippen molar-refractivity contribution in [2.24, 2.45) is 16.7 Å². The Bertz CT molecular complexity index is 266. The summed E-state index contributed by atoms with van der Waals surface area (Å²) in [4.78, 5) is 14.5. The third-order valence-electron chi connectivity index (χ3n) is 3.24. The predicted molar refractivity (Wildman–Crippen MR) is 72.8 cm³/mol. The van der Waals surface area contributed by atoms with Crippen molar-refractivity contribution < 1.29 is 4.79 Å². The molecule has 100 valence electrons. The molecule has 1 aliphatic carbocycles. The zero-order valence-electron chi connectivity index (χ0n) is 12.5. The minimum atomic E-state index is -0.243. The lowest BCUT2D eigenvalue weighted by Crippen LogP contribution is -2.42. The van der Waals surface area contributed by atoms with Gasteiger partial charge in [-0.25, -0.2) is 0 Å². The first kappa shape index (κ1) is 14.5. The Morgan fingerprint density at radius 3 is 2.00 bits per heavy atom. The second-order valence-electron chi connectivity index (χ2n) is 7.76. The van der Waals surface area contributed by atoms with Gasteiger partial charge in [0.2, 0.25) is 5.91 Å². The van der Waals surface area contributed by atoms with E-state index in [9.17, 15) is 4.79 Å². The number of carbonyl (C=O) groups excluding carboxylic acids is 1. The Balaban J connectivity index is 2.56. The standard InChI is InChI=1S/C15H29NO/c1-14(2,3)9-10-16(11-12-7-8-12)13(17)15(4,5)6/h12H,7-11H2,1-6H3. The van der Waals surface area contributed by atoms with E-state index in [-0.39, 0.29) is 5.41 Å². The summed E-state index contributed by atoms with van der Waals surface area (Å²) >= 11 is 0. The summed E-state index contributed by atoms with van der Waals surface area (Å²) in [7, 11) is 0. The van der Waals surface area contributed by atoms with E-state index < -0.39 is 0 Å². The number of carbonyl (C=O) groups is 1. The van der Waals surface area contributed by atoms with Crippen LogP contribution in [0.1, 0.15) is 60.8 Å². The molecule has 0 unspecified atom stereocenters. The van der Waals surface area contributed by atoms with Crippen LogP contribution in [0.25, 0.3) is 0 Å². The van der Waals surface area contributed by atoms with Gasteiger partial charge in [-0.05, 0) is 30.6 Å². The van der Waals surface area contributed by atoms with Crippen molar-refractivity contribution in [3.8, 4) is 0 Å². The first-order valence-corrected chi connectivity index (χ1v) is 6.89. The summed E-state index contributed by atoms with van der Waals surface area (Å²) in [6.45, 7) is 14.7. The summed E-state index contributed by atoms with van der Waals surface area (Å²) in [5, 5.41) is 0. The van der Waals surface area contributed by atoms with Gasteiger partial charge < -0.3 is 4.90 Å². The number of nitrogens with zero attached hydrogens (tertiary/aromatic N) is 1. The molecule has 0 aliphatic heterocycles. The van der Waals surface area contributed by atoms with Crippen LogP contribution in [-0.4, -0.2) is 23.9 Å². The lowest BCUT2D eigenvalue weighted by atomic mass is 9.90. The molecule has 17 heavy (non-hydrogen) atoms. The van der Waals surface area contributed by atoms with Crippen LogP contribution in [0.4, 0.5) is 0 Å². The van der Waals surface area contributed by atoms with Gasteiger partial charge >= 0.3 is 0 Å². The summed E-state index contributed by atoms with van der Waals surface area (Å²) in [6.07, 6.45) is 3.70. The number of rotatable bonds is 4. The first-order valence-electron chi connectivity index (χ1n) is 6.89. The molecule has 2 nitrogen and oxygen atoms in total. The topological polar surface area (TPSA) is 20.3 Å². The largest absolute Gasteiger partial charge is 0.342 e. The highest BCUT2D eigenvalue weighted by atomic mass is 16.2. The molecule has 0 aromatic heterocycles. The first-order chi connectivity index (χ1) is 7.59. The van der Waals surface area contributed by atoms with Crippen LogP contribution in [0.15, 0.2) is 0 Å². The molecule has 0 heterocycles. The van der Waals surface area contributed by atoms with Crippen LogP contribution in [0.5, 0.6) is 0 Å². The molecule has 0 N–H and O–H groups in total. The predicted octanol–water partition coefficient (Wildman–Crippen LogP) is 3.71. The smallest absolute Gasteiger partial charge is 0.227 e. The zero-order chi connectivity index (χ0) is 13.3. The average molecular weight is 239 g/mol. The highest BCUT2D eigenvalue weighted by molar-refractivity contribution is 5.81. The van der Waals surface area contributed by atoms with E-state index in [1.165, 1.54) is 12.8 Å². The summed E-state index contributed by atoms with van der Waals surface area (Å²) in [5.74, 6) is 1.09. The maximum Gasteiger partial charge on any atom is 0.227 e. The molecule has 1 saturated carbocycles. The second-order valence-corrected chi connectivity index (χ2v) is 7.76. The Labute approximate surface area is 107 Å². The van der Waals surface area contributed by atoms with E-state index >= 15 is 0 Å². The van der Waals surface area contributed by atoms with Crippen molar-refractivity contribution in [2.45, 2.75) is 60.8 Å². The minimum absolute atomic E-state index is 0.243. The number of amides is 1. The highest BCUT2D eigenvalue weighted by Crippen LogP contribution is 2.32. The van der Waals surface area contributed by atoms with Crippen molar-refractivity contribution in [3.05, 3.63) is 0 Å². The molecule has 0 aromatic rings. The highest BCUT2D eigenvalue weighted by Gasteiger charge is 2.32. The third kappa shape index (κ3) is 5.56. The lowest BCUT2D eigenvalue weighted by molar-refractivity contribution is -0.140. The van der Waals surface area contributed by atoms with Crippen molar-refractivity contribution >= 4 is 5.91 Å². The van der Waals surface area contributed by atoms with Gasteiger partial charge in [0.05, 0.1) is 0 Å². The average Bonchev–Trinajstić information content (AvgIpc) is 2.91. The number of hydrogen-bond acceptors (Lipinski definition) is 1. The van der Waals surface area contributed by atoms with Crippen molar-refractivity contribution in [2.75, 3.05) is 13.1 Å². The van der Waals surface area contributed by atoms with Crippen LogP contribution >= 0.6 is 0 Å². The van der Waals surface area contributed by atoms with Crippen molar-refractivity contribution in [1.82, 2.24) is 4.90 Å². The summed E-state index contributed by atoms with van der Waals surface area (Å²) in [6, 6.07) is 0. The molecule has 2 heteroatoms. The summed E-state index contributed by atoms with van der Waals surface area (Å²) in [5.41, 5.74) is 0.0622. The normalized spacial score (nSPS) is 17.1. The maximum absolute atomic E-state index is 12.4. The zero-order valence-corrected chi connectivity index (χ0v) is 12.5. The molecule has 0 radical (unpaired) electrons. The van der Waals surface area contributed by atoms with E-state index in [1.807, 2.05) is 20.8 Å². The van der Waals surface area contributed by atoms with Gasteiger partial charge in [0, 0.05) is 18.5 Å². The van der Waals surface area contributed by atoms with Crippen LogP contribution < -0.4 is 0 Å². The van der Waals surface area contributed by atoms with Crippen LogP contribution in [0, 0.1) is 16.7 Å². The van der Waals surface area contributed by atoms with Gasteiger partial charge in [-0.15, -0.1) is 0 Å². The molecule has 0 bridgehead atoms. The molecular formula is C15H29NO. The second kappa shape index (κ2) is 4.99. The third-order valence-corrected chi connectivity index (χ3v) is 3.24. The van der Waals surface area contributed by atoms with Gasteiger partial charge in [-0.1, -0.05) is 41.5 Å². The fraction of sp³-hybridized carbons (Fsp3) is 0.933. The fourth-order valence-electron chi connectivity index (χ4n) is 1.83. The minimum Gasteiger partial charge on any atom is -0.342 e. The van der Waals surface area contributed by atoms with Crippen molar-refractivity contribution in [3.63, 3.8) is 0 Å².